The van der Waals surface area contributed by atoms with Crippen LogP contribution in [0.15, 0.2) is 33.6 Å². The molecule has 1 N–H and O–H groups in total. The van der Waals surface area contributed by atoms with Crippen molar-refractivity contribution in [1.82, 2.24) is 29.7 Å². The quantitative estimate of drug-likeness (QED) is 0.381. The summed E-state index contributed by atoms with van der Waals surface area (Å²) in [5.41, 5.74) is 2.91. The van der Waals surface area contributed by atoms with Crippen molar-refractivity contribution in [1.29, 1.82) is 0 Å². The lowest BCUT2D eigenvalue weighted by Gasteiger charge is -2.40. The Morgan fingerprint density at radius 2 is 1.82 bits per heavy atom. The van der Waals surface area contributed by atoms with Gasteiger partial charge in [-0.1, -0.05) is 48.7 Å². The average Bonchev–Trinajstić information content (AvgIpc) is 3.48. The molecule has 10 nitrogen and oxygen atoms in total. The minimum absolute atomic E-state index is 0.148. The van der Waals surface area contributed by atoms with Crippen LogP contribution in [0.1, 0.15) is 46.5 Å². The van der Waals surface area contributed by atoms with Crippen LogP contribution < -0.4 is 10.7 Å². The van der Waals surface area contributed by atoms with E-state index in [2.05, 4.69) is 40.4 Å². The zero-order chi connectivity index (χ0) is 26.4. The lowest BCUT2D eigenvalue weighted by molar-refractivity contribution is 0.0741. The van der Waals surface area contributed by atoms with E-state index in [1.165, 1.54) is 25.7 Å². The predicted molar refractivity (Wildman–Crippen MR) is 145 cm³/mol. The van der Waals surface area contributed by atoms with Crippen molar-refractivity contribution in [2.75, 3.05) is 18.1 Å². The number of anilines is 1. The van der Waals surface area contributed by atoms with Crippen LogP contribution in [-0.4, -0.2) is 55.0 Å². The van der Waals surface area contributed by atoms with Gasteiger partial charge in [0.15, 0.2) is 5.65 Å². The number of H-pyrrole nitrogens is 1. The van der Waals surface area contributed by atoms with Gasteiger partial charge in [-0.05, 0) is 50.7 Å². The van der Waals surface area contributed by atoms with Crippen molar-refractivity contribution in [2.24, 2.45) is 11.8 Å². The smallest absolute Gasteiger partial charge is 0.377 e. The molecule has 0 spiro atoms. The molecule has 1 saturated carbocycles. The predicted octanol–water partition coefficient (Wildman–Crippen LogP) is 4.93. The maximum Gasteiger partial charge on any atom is 0.439 e. The monoisotopic (exact) mass is 537 g/mol. The van der Waals surface area contributed by atoms with E-state index in [1.807, 2.05) is 24.3 Å². The van der Waals surface area contributed by atoms with Crippen LogP contribution in [0.5, 0.6) is 0 Å². The van der Waals surface area contributed by atoms with E-state index in [-0.39, 0.29) is 23.7 Å². The highest BCUT2D eigenvalue weighted by molar-refractivity contribution is 6.30. The largest absolute Gasteiger partial charge is 0.439 e. The lowest BCUT2D eigenvalue weighted by Crippen LogP contribution is -2.51. The van der Waals surface area contributed by atoms with Crippen LogP contribution in [0.25, 0.3) is 34.1 Å². The summed E-state index contributed by atoms with van der Waals surface area (Å²) in [6.45, 7) is 8.76. The molecule has 1 aromatic carbocycles. The zero-order valence-corrected chi connectivity index (χ0v) is 22.6. The first-order chi connectivity index (χ1) is 18.4. The second-order valence-electron chi connectivity index (χ2n) is 10.8. The topological polar surface area (TPSA) is 115 Å². The third-order valence-electron chi connectivity index (χ3n) is 7.81. The van der Waals surface area contributed by atoms with E-state index in [1.54, 1.807) is 0 Å². The third kappa shape index (κ3) is 4.71. The van der Waals surface area contributed by atoms with Gasteiger partial charge in [0, 0.05) is 17.1 Å². The maximum atomic E-state index is 11.7. The van der Waals surface area contributed by atoms with Crippen molar-refractivity contribution in [3.05, 3.63) is 39.8 Å². The fraction of sp³-hybridized carbons (Fsp3) is 0.519. The molecule has 11 heteroatoms. The molecule has 0 unspecified atom stereocenters. The Bertz CT molecular complexity index is 1490. The highest BCUT2D eigenvalue weighted by Gasteiger charge is 2.33. The van der Waals surface area contributed by atoms with Gasteiger partial charge in [0.05, 0.1) is 25.3 Å². The molecule has 1 aliphatic carbocycles. The second-order valence-corrected chi connectivity index (χ2v) is 11.2. The molecule has 200 valence electrons. The van der Waals surface area contributed by atoms with Gasteiger partial charge in [0.2, 0.25) is 17.6 Å². The van der Waals surface area contributed by atoms with E-state index in [9.17, 15) is 4.79 Å². The third-order valence-corrected chi connectivity index (χ3v) is 8.04. The number of aromatic amines is 1. The van der Waals surface area contributed by atoms with Gasteiger partial charge >= 0.3 is 5.76 Å². The van der Waals surface area contributed by atoms with Gasteiger partial charge < -0.3 is 14.2 Å². The first-order valence-corrected chi connectivity index (χ1v) is 13.7. The Kier molecular flexibility index (Phi) is 6.69. The number of morpholine rings is 1. The van der Waals surface area contributed by atoms with E-state index in [4.69, 9.17) is 35.8 Å². The fourth-order valence-corrected chi connectivity index (χ4v) is 6.02. The van der Waals surface area contributed by atoms with Crippen LogP contribution in [0, 0.1) is 11.8 Å². The summed E-state index contributed by atoms with van der Waals surface area (Å²) in [6.07, 6.45) is 4.83. The Morgan fingerprint density at radius 1 is 1.05 bits per heavy atom. The summed E-state index contributed by atoms with van der Waals surface area (Å²) in [4.78, 5) is 31.4. The van der Waals surface area contributed by atoms with Gasteiger partial charge in [-0.3, -0.25) is 9.51 Å². The van der Waals surface area contributed by atoms with Crippen molar-refractivity contribution in [3.8, 4) is 22.9 Å². The molecule has 2 atom stereocenters. The summed E-state index contributed by atoms with van der Waals surface area (Å²) in [7, 11) is 0. The first-order valence-electron chi connectivity index (χ1n) is 13.3. The SMILES string of the molecule is CC1CCC(Cn2c(N3[C@H](C)COC[C@H]3C)nc3nc(-c4noc(=O)[nH]4)nc(-c4cccc(Cl)c4)c32)CC1. The number of halogens is 1. The van der Waals surface area contributed by atoms with Gasteiger partial charge in [-0.15, -0.1) is 0 Å². The molecule has 1 saturated heterocycles. The highest BCUT2D eigenvalue weighted by atomic mass is 35.5. The molecule has 0 amide bonds. The van der Waals surface area contributed by atoms with Crippen LogP contribution in [0.2, 0.25) is 5.02 Å². The normalized spacial score (nSPS) is 24.3. The molecule has 2 aliphatic rings. The van der Waals surface area contributed by atoms with Gasteiger partial charge in [0.25, 0.3) is 0 Å². The number of benzene rings is 1. The summed E-state index contributed by atoms with van der Waals surface area (Å²) in [5, 5.41) is 4.44. The number of hydrogen-bond donors (Lipinski definition) is 1. The molecule has 4 aromatic rings. The zero-order valence-electron chi connectivity index (χ0n) is 21.9. The molecule has 3 aromatic heterocycles. The highest BCUT2D eigenvalue weighted by Crippen LogP contribution is 2.37. The minimum Gasteiger partial charge on any atom is -0.377 e. The van der Waals surface area contributed by atoms with Crippen molar-refractivity contribution < 1.29 is 9.26 Å². The number of fused-ring (bicyclic) bond motifs is 1. The van der Waals surface area contributed by atoms with Crippen LogP contribution >= 0.6 is 11.6 Å². The molecule has 2 fully saturated rings. The van der Waals surface area contributed by atoms with E-state index < -0.39 is 5.76 Å². The van der Waals surface area contributed by atoms with Gasteiger partial charge in [0.1, 0.15) is 11.2 Å². The van der Waals surface area contributed by atoms with Crippen LogP contribution in [0.4, 0.5) is 5.95 Å². The lowest BCUT2D eigenvalue weighted by atomic mass is 9.83. The number of nitrogens with one attached hydrogen (secondary N) is 1. The Labute approximate surface area is 225 Å². The second kappa shape index (κ2) is 10.1. The number of ether oxygens (including phenoxy) is 1. The molecular weight excluding hydrogens is 506 g/mol. The molecule has 6 rings (SSSR count). The average molecular weight is 538 g/mol. The van der Waals surface area contributed by atoms with Crippen molar-refractivity contribution >= 4 is 28.7 Å². The maximum absolute atomic E-state index is 11.7. The van der Waals surface area contributed by atoms with E-state index in [0.717, 1.165) is 29.5 Å². The van der Waals surface area contributed by atoms with Crippen LogP contribution in [0.3, 0.4) is 0 Å². The molecule has 38 heavy (non-hydrogen) atoms. The Balaban J connectivity index is 1.59. The van der Waals surface area contributed by atoms with Crippen molar-refractivity contribution in [2.45, 2.75) is 65.1 Å². The van der Waals surface area contributed by atoms with Gasteiger partial charge in [-0.25, -0.2) is 14.8 Å². The molecule has 0 bridgehead atoms. The van der Waals surface area contributed by atoms with Crippen LogP contribution in [-0.2, 0) is 11.3 Å². The number of rotatable bonds is 5. The summed E-state index contributed by atoms with van der Waals surface area (Å²) in [5.74, 6) is 1.90. The molecule has 4 heterocycles. The van der Waals surface area contributed by atoms with Gasteiger partial charge in [-0.2, -0.15) is 4.98 Å². The number of hydrogen-bond acceptors (Lipinski definition) is 8. The Hall–Kier alpha value is -3.24. The van der Waals surface area contributed by atoms with E-state index in [0.29, 0.717) is 35.5 Å². The summed E-state index contributed by atoms with van der Waals surface area (Å²) >= 11 is 6.42. The number of imidazole rings is 1. The number of nitrogens with zero attached hydrogens (tertiary/aromatic N) is 6. The summed E-state index contributed by atoms with van der Waals surface area (Å²) in [6, 6.07) is 7.90. The van der Waals surface area contributed by atoms with E-state index >= 15 is 0 Å². The first kappa shape index (κ1) is 25.1. The minimum atomic E-state index is -0.665. The molecule has 1 aliphatic heterocycles. The van der Waals surface area contributed by atoms with Crippen molar-refractivity contribution in [3.63, 3.8) is 0 Å². The molecular formula is C27H32ClN7O3. The number of aromatic nitrogens is 6. The fourth-order valence-electron chi connectivity index (χ4n) is 5.83. The Morgan fingerprint density at radius 3 is 2.50 bits per heavy atom. The molecule has 0 radical (unpaired) electrons. The standard InChI is InChI=1S/C27H32ClN7O3/c1-15-7-9-18(10-8-15)12-34-22-21(19-5-4-6-20(28)11-19)29-24(25-32-27(36)38-33-25)30-23(22)31-26(34)35-16(2)13-37-14-17(35)3/h4-6,11,15-18H,7-10,12-14H2,1-3H3,(H,32,33,36)/t15?,16-,17-,18?/m1/s1. The summed E-state index contributed by atoms with van der Waals surface area (Å²) < 4.78 is 12.9.